The van der Waals surface area contributed by atoms with E-state index in [0.717, 1.165) is 17.5 Å². The van der Waals surface area contributed by atoms with Gasteiger partial charge in [-0.25, -0.2) is 4.79 Å². The minimum atomic E-state index is -0.973. The van der Waals surface area contributed by atoms with Gasteiger partial charge in [-0.05, 0) is 81.0 Å². The van der Waals surface area contributed by atoms with Crippen molar-refractivity contribution in [2.45, 2.75) is 98.4 Å². The number of aliphatic hydroxyl groups excluding tert-OH is 1. The molecule has 9 nitrogen and oxygen atoms in total. The van der Waals surface area contributed by atoms with E-state index in [2.05, 4.69) is 24.5 Å². The van der Waals surface area contributed by atoms with Crippen molar-refractivity contribution >= 4 is 12.0 Å². The maximum absolute atomic E-state index is 13.3. The van der Waals surface area contributed by atoms with Gasteiger partial charge in [0.1, 0.15) is 5.60 Å². The molecule has 0 aromatic heterocycles. The van der Waals surface area contributed by atoms with Crippen LogP contribution in [0.3, 0.4) is 0 Å². The quantitative estimate of drug-likeness (QED) is 0.149. The van der Waals surface area contributed by atoms with Gasteiger partial charge in [0.05, 0.1) is 25.9 Å². The van der Waals surface area contributed by atoms with E-state index in [1.165, 1.54) is 0 Å². The first kappa shape index (κ1) is 38.9. The summed E-state index contributed by atoms with van der Waals surface area (Å²) >= 11 is 0. The Bertz CT molecular complexity index is 1180. The summed E-state index contributed by atoms with van der Waals surface area (Å²) in [6, 6.07) is 15.0. The maximum Gasteiger partial charge on any atom is 0.407 e. The van der Waals surface area contributed by atoms with Crippen LogP contribution >= 0.6 is 0 Å². The van der Waals surface area contributed by atoms with Gasteiger partial charge < -0.3 is 34.7 Å². The summed E-state index contributed by atoms with van der Waals surface area (Å²) in [6.07, 6.45) is 0.580. The fourth-order valence-corrected chi connectivity index (χ4v) is 5.36. The van der Waals surface area contributed by atoms with Crippen LogP contribution in [0.25, 0.3) is 0 Å². The standard InChI is InChI=1S/C37H58N2O7/c1-25(2)29(20-28-16-17-33(44-9)34(21-28)45-19-13-18-43-8)22-31(39-36(42)46-37(5,6)7)32(40)23-30(26(3)4)35(41)38-24-27-14-11-10-12-15-27/h10-12,14-17,21,25-26,29-32,40H,13,18-20,22-24H2,1-9H3,(H,38,41)(H,39,42)/t29?,30-,31-,32-/m0/s1. The fourth-order valence-electron chi connectivity index (χ4n) is 5.36. The van der Waals surface area contributed by atoms with Crippen LogP contribution in [-0.4, -0.2) is 62.3 Å². The van der Waals surface area contributed by atoms with Crippen LogP contribution in [0.5, 0.6) is 11.5 Å². The smallest absolute Gasteiger partial charge is 0.407 e. The number of methoxy groups -OCH3 is 2. The molecular formula is C37H58N2O7. The highest BCUT2D eigenvalue weighted by Crippen LogP contribution is 2.32. The predicted octanol–water partition coefficient (Wildman–Crippen LogP) is 6.55. The SMILES string of the molecule is COCCCOc1cc(CC(C[C@H](NC(=O)OC(C)(C)C)[C@@H](O)C[C@H](C(=O)NCc2ccccc2)C(C)C)C(C)C)ccc1OC. The number of ether oxygens (including phenoxy) is 4. The molecule has 0 saturated heterocycles. The van der Waals surface area contributed by atoms with E-state index < -0.39 is 29.8 Å². The van der Waals surface area contributed by atoms with Gasteiger partial charge in [-0.1, -0.05) is 64.1 Å². The van der Waals surface area contributed by atoms with Crippen molar-refractivity contribution in [1.29, 1.82) is 0 Å². The lowest BCUT2D eigenvalue weighted by molar-refractivity contribution is -0.127. The molecule has 46 heavy (non-hydrogen) atoms. The maximum atomic E-state index is 13.3. The minimum Gasteiger partial charge on any atom is -0.493 e. The van der Waals surface area contributed by atoms with Gasteiger partial charge in [0.2, 0.25) is 5.91 Å². The number of carbonyl (C=O) groups is 2. The summed E-state index contributed by atoms with van der Waals surface area (Å²) in [6.45, 7) is 15.2. The zero-order chi connectivity index (χ0) is 34.3. The summed E-state index contributed by atoms with van der Waals surface area (Å²) < 4.78 is 22.3. The number of hydrogen-bond acceptors (Lipinski definition) is 7. The Balaban J connectivity index is 2.26. The van der Waals surface area contributed by atoms with E-state index in [0.29, 0.717) is 44.1 Å². The lowest BCUT2D eigenvalue weighted by Gasteiger charge is -2.33. The third-order valence-electron chi connectivity index (χ3n) is 8.09. The van der Waals surface area contributed by atoms with Crippen molar-refractivity contribution in [3.05, 3.63) is 59.7 Å². The number of amides is 2. The van der Waals surface area contributed by atoms with E-state index in [-0.39, 0.29) is 30.1 Å². The summed E-state index contributed by atoms with van der Waals surface area (Å²) in [5.74, 6) is 1.07. The number of aliphatic hydroxyl groups is 1. The van der Waals surface area contributed by atoms with Crippen molar-refractivity contribution in [3.8, 4) is 11.5 Å². The molecule has 0 aliphatic heterocycles. The summed E-state index contributed by atoms with van der Waals surface area (Å²) in [5, 5.41) is 17.7. The third kappa shape index (κ3) is 14.0. The lowest BCUT2D eigenvalue weighted by Crippen LogP contribution is -2.48. The van der Waals surface area contributed by atoms with Crippen molar-refractivity contribution in [3.63, 3.8) is 0 Å². The molecule has 3 N–H and O–H groups in total. The monoisotopic (exact) mass is 642 g/mol. The van der Waals surface area contributed by atoms with Crippen LogP contribution in [0.1, 0.15) is 78.9 Å². The normalized spacial score (nSPS) is 14.3. The summed E-state index contributed by atoms with van der Waals surface area (Å²) in [5.41, 5.74) is 1.37. The molecule has 2 aromatic rings. The second-order valence-electron chi connectivity index (χ2n) is 13.7. The zero-order valence-corrected chi connectivity index (χ0v) is 29.4. The third-order valence-corrected chi connectivity index (χ3v) is 8.09. The van der Waals surface area contributed by atoms with Crippen LogP contribution in [0.15, 0.2) is 48.5 Å². The molecule has 2 amide bonds. The van der Waals surface area contributed by atoms with Crippen molar-refractivity contribution in [2.24, 2.45) is 23.7 Å². The Morgan fingerprint density at radius 1 is 0.870 bits per heavy atom. The minimum absolute atomic E-state index is 0.0184. The predicted molar refractivity (Wildman–Crippen MR) is 182 cm³/mol. The average molecular weight is 643 g/mol. The Morgan fingerprint density at radius 2 is 1.57 bits per heavy atom. The highest BCUT2D eigenvalue weighted by molar-refractivity contribution is 5.79. The largest absolute Gasteiger partial charge is 0.493 e. The number of nitrogens with one attached hydrogen (secondary N) is 2. The van der Waals surface area contributed by atoms with E-state index in [9.17, 15) is 14.7 Å². The van der Waals surface area contributed by atoms with Gasteiger partial charge in [-0.15, -0.1) is 0 Å². The molecule has 0 spiro atoms. The molecule has 0 heterocycles. The molecule has 258 valence electrons. The number of rotatable bonds is 19. The van der Waals surface area contributed by atoms with Gasteiger partial charge in [0, 0.05) is 32.6 Å². The molecule has 0 fully saturated rings. The molecule has 4 atom stereocenters. The van der Waals surface area contributed by atoms with Crippen LogP contribution in [-0.2, 0) is 27.2 Å². The zero-order valence-electron chi connectivity index (χ0n) is 29.4. The molecule has 2 rings (SSSR count). The van der Waals surface area contributed by atoms with E-state index in [1.54, 1.807) is 35.0 Å². The van der Waals surface area contributed by atoms with Crippen molar-refractivity contribution in [2.75, 3.05) is 27.4 Å². The van der Waals surface area contributed by atoms with Gasteiger partial charge in [-0.2, -0.15) is 0 Å². The van der Waals surface area contributed by atoms with Crippen molar-refractivity contribution < 1.29 is 33.6 Å². The highest BCUT2D eigenvalue weighted by atomic mass is 16.6. The van der Waals surface area contributed by atoms with Gasteiger partial charge in [-0.3, -0.25) is 4.79 Å². The van der Waals surface area contributed by atoms with Crippen LogP contribution in [0.4, 0.5) is 4.79 Å². The first-order valence-corrected chi connectivity index (χ1v) is 16.5. The summed E-state index contributed by atoms with van der Waals surface area (Å²) in [4.78, 5) is 26.3. The number of benzene rings is 2. The van der Waals surface area contributed by atoms with Gasteiger partial charge >= 0.3 is 6.09 Å². The van der Waals surface area contributed by atoms with Crippen molar-refractivity contribution in [1.82, 2.24) is 10.6 Å². The Labute approximate surface area is 276 Å². The number of alkyl carbamates (subject to hydrolysis) is 1. The van der Waals surface area contributed by atoms with E-state index in [1.807, 2.05) is 62.4 Å². The molecule has 1 unspecified atom stereocenters. The summed E-state index contributed by atoms with van der Waals surface area (Å²) in [7, 11) is 3.29. The Kier molecular flexibility index (Phi) is 16.4. The Morgan fingerprint density at radius 3 is 2.15 bits per heavy atom. The second kappa shape index (κ2) is 19.4. The first-order valence-electron chi connectivity index (χ1n) is 16.5. The molecule has 0 saturated carbocycles. The lowest BCUT2D eigenvalue weighted by atomic mass is 9.80. The number of hydrogen-bond donors (Lipinski definition) is 3. The van der Waals surface area contributed by atoms with Gasteiger partial charge in [0.15, 0.2) is 11.5 Å². The highest BCUT2D eigenvalue weighted by Gasteiger charge is 2.33. The van der Waals surface area contributed by atoms with E-state index >= 15 is 0 Å². The molecule has 9 heteroatoms. The molecule has 2 aromatic carbocycles. The van der Waals surface area contributed by atoms with E-state index in [4.69, 9.17) is 18.9 Å². The Hall–Kier alpha value is -3.30. The fraction of sp³-hybridized carbons (Fsp3) is 0.622. The topological polar surface area (TPSA) is 115 Å². The molecular weight excluding hydrogens is 584 g/mol. The van der Waals surface area contributed by atoms with Gasteiger partial charge in [0.25, 0.3) is 0 Å². The first-order chi connectivity index (χ1) is 21.7. The molecule has 0 radical (unpaired) electrons. The second-order valence-corrected chi connectivity index (χ2v) is 13.7. The molecule has 0 aliphatic rings. The number of carbonyl (C=O) groups excluding carboxylic acids is 2. The average Bonchev–Trinajstić information content (AvgIpc) is 2.99. The van der Waals surface area contributed by atoms with Crippen LogP contribution in [0.2, 0.25) is 0 Å². The van der Waals surface area contributed by atoms with Crippen LogP contribution < -0.4 is 20.1 Å². The molecule has 0 aliphatic carbocycles. The van der Waals surface area contributed by atoms with Crippen LogP contribution in [0, 0.1) is 23.7 Å². The molecule has 0 bridgehead atoms.